The fourth-order valence-corrected chi connectivity index (χ4v) is 4.44. The van der Waals surface area contributed by atoms with Crippen LogP contribution in [0.3, 0.4) is 0 Å². The summed E-state index contributed by atoms with van der Waals surface area (Å²) in [5.41, 5.74) is 3.02. The molecule has 178 valence electrons. The summed E-state index contributed by atoms with van der Waals surface area (Å²) < 4.78 is 10.8. The van der Waals surface area contributed by atoms with Gasteiger partial charge in [0.1, 0.15) is 5.76 Å². The highest BCUT2D eigenvalue weighted by Crippen LogP contribution is 2.42. The van der Waals surface area contributed by atoms with Gasteiger partial charge in [-0.1, -0.05) is 51.1 Å². The van der Waals surface area contributed by atoms with Gasteiger partial charge in [0.25, 0.3) is 11.7 Å². The fourth-order valence-electron chi connectivity index (χ4n) is 4.44. The third kappa shape index (κ3) is 4.14. The Labute approximate surface area is 203 Å². The topological polar surface area (TPSA) is 89.0 Å². The number of ketones is 1. The van der Waals surface area contributed by atoms with Crippen molar-refractivity contribution in [2.75, 3.05) is 6.79 Å². The van der Waals surface area contributed by atoms with Crippen LogP contribution < -0.4 is 9.47 Å². The number of likely N-dealkylation sites (tertiary alicyclic amines) is 1. The smallest absolute Gasteiger partial charge is 0.295 e. The number of nitrogens with zero attached hydrogens (tertiary/aromatic N) is 2. The Morgan fingerprint density at radius 1 is 1.06 bits per heavy atom. The number of benzene rings is 2. The van der Waals surface area contributed by atoms with E-state index in [0.717, 1.165) is 16.7 Å². The lowest BCUT2D eigenvalue weighted by atomic mass is 9.85. The molecule has 0 bridgehead atoms. The van der Waals surface area contributed by atoms with Crippen molar-refractivity contribution in [3.8, 4) is 11.5 Å². The summed E-state index contributed by atoms with van der Waals surface area (Å²) in [6.07, 6.45) is 3.32. The first-order chi connectivity index (χ1) is 16.7. The van der Waals surface area contributed by atoms with Gasteiger partial charge < -0.3 is 19.5 Å². The first-order valence-electron chi connectivity index (χ1n) is 11.4. The van der Waals surface area contributed by atoms with Gasteiger partial charge in [-0.3, -0.25) is 14.6 Å². The second kappa shape index (κ2) is 8.58. The lowest BCUT2D eigenvalue weighted by molar-refractivity contribution is -0.140. The number of fused-ring (bicyclic) bond motifs is 1. The van der Waals surface area contributed by atoms with Gasteiger partial charge in [0.2, 0.25) is 6.79 Å². The number of aromatic nitrogens is 1. The highest BCUT2D eigenvalue weighted by molar-refractivity contribution is 6.46. The zero-order valence-electron chi connectivity index (χ0n) is 19.8. The van der Waals surface area contributed by atoms with Crippen molar-refractivity contribution in [1.82, 2.24) is 9.88 Å². The summed E-state index contributed by atoms with van der Waals surface area (Å²) in [6, 6.07) is 15.7. The number of hydrogen-bond donors (Lipinski definition) is 1. The Balaban J connectivity index is 1.63. The molecule has 3 heterocycles. The van der Waals surface area contributed by atoms with Crippen molar-refractivity contribution in [2.45, 2.75) is 38.8 Å². The second-order valence-corrected chi connectivity index (χ2v) is 9.73. The van der Waals surface area contributed by atoms with E-state index < -0.39 is 17.7 Å². The number of amides is 1. The number of hydrogen-bond acceptors (Lipinski definition) is 6. The Morgan fingerprint density at radius 2 is 1.80 bits per heavy atom. The van der Waals surface area contributed by atoms with Gasteiger partial charge >= 0.3 is 0 Å². The van der Waals surface area contributed by atoms with Crippen LogP contribution in [0, 0.1) is 0 Å². The molecule has 2 aliphatic heterocycles. The van der Waals surface area contributed by atoms with Crippen molar-refractivity contribution >= 4 is 17.4 Å². The molecule has 2 aliphatic rings. The maximum atomic E-state index is 13.3. The van der Waals surface area contributed by atoms with E-state index in [1.54, 1.807) is 36.7 Å². The predicted molar refractivity (Wildman–Crippen MR) is 130 cm³/mol. The normalized spacial score (nSPS) is 18.8. The van der Waals surface area contributed by atoms with Gasteiger partial charge in [0, 0.05) is 24.5 Å². The largest absolute Gasteiger partial charge is 0.507 e. The summed E-state index contributed by atoms with van der Waals surface area (Å²) >= 11 is 0. The SMILES string of the molecule is CC(C)(C)c1ccc(C2C(=C(O)c3ccc4c(c3)OCO4)C(=O)C(=O)N2Cc2cccnc2)cc1. The summed E-state index contributed by atoms with van der Waals surface area (Å²) in [5.74, 6) is -0.604. The highest BCUT2D eigenvalue weighted by Gasteiger charge is 2.46. The number of Topliss-reactive ketones (excluding diaryl/α,β-unsaturated/α-hetero) is 1. The molecule has 0 aliphatic carbocycles. The zero-order chi connectivity index (χ0) is 24.7. The number of carbonyl (C=O) groups excluding carboxylic acids is 2. The van der Waals surface area contributed by atoms with Gasteiger partial charge in [-0.15, -0.1) is 0 Å². The molecule has 2 aromatic carbocycles. The zero-order valence-corrected chi connectivity index (χ0v) is 19.8. The molecule has 3 aromatic rings. The van der Waals surface area contributed by atoms with Crippen LogP contribution >= 0.6 is 0 Å². The van der Waals surface area contributed by atoms with Crippen molar-refractivity contribution < 1.29 is 24.2 Å². The molecule has 1 atom stereocenters. The molecule has 1 aromatic heterocycles. The number of ether oxygens (including phenoxy) is 2. The monoisotopic (exact) mass is 470 g/mol. The third-order valence-corrected chi connectivity index (χ3v) is 6.35. The van der Waals surface area contributed by atoms with Gasteiger partial charge in [-0.05, 0) is 46.4 Å². The predicted octanol–water partition coefficient (Wildman–Crippen LogP) is 4.73. The molecular formula is C28H26N2O5. The van der Waals surface area contributed by atoms with Gasteiger partial charge in [-0.25, -0.2) is 0 Å². The molecule has 0 saturated carbocycles. The van der Waals surface area contributed by atoms with E-state index in [4.69, 9.17) is 9.47 Å². The van der Waals surface area contributed by atoms with E-state index in [1.807, 2.05) is 30.3 Å². The Kier molecular flexibility index (Phi) is 5.55. The van der Waals surface area contributed by atoms with Crippen LogP contribution in [0.2, 0.25) is 0 Å². The second-order valence-electron chi connectivity index (χ2n) is 9.73. The quantitative estimate of drug-likeness (QED) is 0.337. The van der Waals surface area contributed by atoms with E-state index in [0.29, 0.717) is 17.1 Å². The molecule has 7 nitrogen and oxygen atoms in total. The highest BCUT2D eigenvalue weighted by atomic mass is 16.7. The maximum absolute atomic E-state index is 13.3. The minimum absolute atomic E-state index is 0.0428. The van der Waals surface area contributed by atoms with Crippen LogP contribution in [0.4, 0.5) is 0 Å². The molecule has 35 heavy (non-hydrogen) atoms. The van der Waals surface area contributed by atoms with Crippen molar-refractivity contribution in [1.29, 1.82) is 0 Å². The van der Waals surface area contributed by atoms with E-state index in [1.165, 1.54) is 4.90 Å². The Bertz CT molecular complexity index is 1320. The van der Waals surface area contributed by atoms with Crippen LogP contribution in [0.25, 0.3) is 5.76 Å². The fraction of sp³-hybridized carbons (Fsp3) is 0.250. The van der Waals surface area contributed by atoms with E-state index in [9.17, 15) is 14.7 Å². The molecule has 1 unspecified atom stereocenters. The first kappa shape index (κ1) is 22.7. The molecule has 7 heteroatoms. The minimum Gasteiger partial charge on any atom is -0.507 e. The molecule has 5 rings (SSSR count). The van der Waals surface area contributed by atoms with Crippen LogP contribution in [0.5, 0.6) is 11.5 Å². The molecule has 0 radical (unpaired) electrons. The number of rotatable bonds is 4. The van der Waals surface area contributed by atoms with E-state index in [2.05, 4.69) is 25.8 Å². The van der Waals surface area contributed by atoms with Crippen LogP contribution in [0.15, 0.2) is 72.6 Å². The van der Waals surface area contributed by atoms with Crippen LogP contribution in [-0.2, 0) is 21.5 Å². The Morgan fingerprint density at radius 3 is 2.49 bits per heavy atom. The Hall–Kier alpha value is -4.13. The minimum atomic E-state index is -0.755. The van der Waals surface area contributed by atoms with Gasteiger partial charge in [-0.2, -0.15) is 0 Å². The number of carbonyl (C=O) groups is 2. The lowest BCUT2D eigenvalue weighted by Gasteiger charge is -2.26. The van der Waals surface area contributed by atoms with E-state index in [-0.39, 0.29) is 30.1 Å². The molecule has 1 amide bonds. The standard InChI is InChI=1S/C28H26N2O5/c1-28(2,3)20-9-6-18(7-10-20)24-23(25(31)19-8-11-21-22(13-19)35-16-34-21)26(32)27(33)30(24)15-17-5-4-12-29-14-17/h4-14,24,31H,15-16H2,1-3H3. The van der Waals surface area contributed by atoms with Crippen molar-refractivity contribution in [3.05, 3.63) is 94.8 Å². The average Bonchev–Trinajstić information content (AvgIpc) is 3.42. The first-order valence-corrected chi connectivity index (χ1v) is 11.4. The van der Waals surface area contributed by atoms with Crippen molar-refractivity contribution in [2.24, 2.45) is 0 Å². The number of pyridine rings is 1. The maximum Gasteiger partial charge on any atom is 0.295 e. The molecule has 0 spiro atoms. The number of aliphatic hydroxyl groups is 1. The summed E-state index contributed by atoms with van der Waals surface area (Å²) in [6.45, 7) is 6.64. The van der Waals surface area contributed by atoms with Gasteiger partial charge in [0.05, 0.1) is 11.6 Å². The molecular weight excluding hydrogens is 444 g/mol. The third-order valence-electron chi connectivity index (χ3n) is 6.35. The van der Waals surface area contributed by atoms with E-state index >= 15 is 0 Å². The summed E-state index contributed by atoms with van der Waals surface area (Å²) in [4.78, 5) is 32.1. The molecule has 1 fully saturated rings. The van der Waals surface area contributed by atoms with Gasteiger partial charge in [0.15, 0.2) is 11.5 Å². The van der Waals surface area contributed by atoms with Crippen LogP contribution in [0.1, 0.15) is 49.1 Å². The molecule has 1 saturated heterocycles. The number of aliphatic hydroxyl groups excluding tert-OH is 1. The summed E-state index contributed by atoms with van der Waals surface area (Å²) in [5, 5.41) is 11.3. The van der Waals surface area contributed by atoms with Crippen LogP contribution in [-0.4, -0.2) is 33.5 Å². The lowest BCUT2D eigenvalue weighted by Crippen LogP contribution is -2.29. The van der Waals surface area contributed by atoms with Crippen molar-refractivity contribution in [3.63, 3.8) is 0 Å². The summed E-state index contributed by atoms with van der Waals surface area (Å²) in [7, 11) is 0. The average molecular weight is 471 g/mol. The molecule has 1 N–H and O–H groups in total.